The van der Waals surface area contributed by atoms with Gasteiger partial charge in [0.05, 0.1) is 51.3 Å². The summed E-state index contributed by atoms with van der Waals surface area (Å²) in [5, 5.41) is 26.6. The molecule has 0 aliphatic carbocycles. The smallest absolute Gasteiger partial charge is 0.268 e. The van der Waals surface area contributed by atoms with Crippen molar-refractivity contribution in [1.29, 1.82) is 0 Å². The summed E-state index contributed by atoms with van der Waals surface area (Å²) in [6, 6.07) is 25.8. The Morgan fingerprint density at radius 2 is 1.11 bits per heavy atom. The Morgan fingerprint density at radius 1 is 0.676 bits per heavy atom. The number of aliphatic hydroxyl groups is 1. The normalized spacial score (nSPS) is 14.4. The van der Waals surface area contributed by atoms with Gasteiger partial charge in [-0.3, -0.25) is 38.9 Å². The van der Waals surface area contributed by atoms with Crippen LogP contribution in [0.2, 0.25) is 0 Å². The number of benzene rings is 4. The van der Waals surface area contributed by atoms with E-state index < -0.39 is 53.5 Å². The van der Waals surface area contributed by atoms with Crippen LogP contribution in [-0.2, 0) is 35.2 Å². The van der Waals surface area contributed by atoms with Crippen molar-refractivity contribution in [1.82, 2.24) is 31.8 Å². The number of morpholine rings is 2. The van der Waals surface area contributed by atoms with Crippen LogP contribution < -0.4 is 26.9 Å². The summed E-state index contributed by atoms with van der Waals surface area (Å²) in [6.07, 6.45) is -1.01. The average molecular weight is 1010 g/mol. The highest BCUT2D eigenvalue weighted by molar-refractivity contribution is 5.98. The SMILES string of the molecule is C1COCCN1.CONC(=O)C(NC(=O)c1ccc(C#CC#Cc2ccc(C=O)cc2)cc1)[C@@H](C)OC(C)(C)C.C[C@@H](O)C(NC(=O)c1ccc(C#CC#Cc2ccc(CN3CCOCC3)cc2)cc1)C(=O)NO. The number of amides is 4. The number of rotatable bonds is 13. The van der Waals surface area contributed by atoms with Crippen molar-refractivity contribution < 1.29 is 53.3 Å². The van der Waals surface area contributed by atoms with Crippen molar-refractivity contribution in [3.63, 3.8) is 0 Å². The summed E-state index contributed by atoms with van der Waals surface area (Å²) in [6.45, 7) is 16.8. The molecule has 4 aromatic carbocycles. The van der Waals surface area contributed by atoms with E-state index in [2.05, 4.69) is 85.8 Å². The van der Waals surface area contributed by atoms with Crippen LogP contribution in [0, 0.1) is 47.4 Å². The number of aldehydes is 1. The van der Waals surface area contributed by atoms with E-state index in [1.807, 2.05) is 32.9 Å². The lowest BCUT2D eigenvalue weighted by atomic mass is 10.1. The van der Waals surface area contributed by atoms with Crippen molar-refractivity contribution in [2.75, 3.05) is 59.7 Å². The molecule has 7 N–H and O–H groups in total. The molecule has 4 amide bonds. The first-order valence-electron chi connectivity index (χ1n) is 23.8. The molecule has 2 aliphatic heterocycles. The molecule has 4 aromatic rings. The molecule has 2 unspecified atom stereocenters. The van der Waals surface area contributed by atoms with Crippen molar-refractivity contribution in [2.45, 2.75) is 71.1 Å². The highest BCUT2D eigenvalue weighted by Gasteiger charge is 2.31. The standard InChI is InChI=1S/C27H28N2O5.C26H27N3O5.C4H9NO/c1-19(34-27(2,3)4)24(26(32)29-33-5)28-25(31)23-16-14-21(15-17-23)9-7-6-8-20-10-12-22(18-30)13-11-20;1-19(30)24(26(32)28-33)27-25(31)23-12-10-21(11-13-23)5-3-2-4-20-6-8-22(9-7-20)18-29-14-16-34-17-15-29;1-3-6-4-2-5-1/h10-19,24H,1-5H3,(H,28,31)(H,29,32);6-13,19,24,30,33H,14-18H2,1H3,(H,27,31)(H,28,32);5H,1-4H2/t2*19-,24?;/m11./s1. The van der Waals surface area contributed by atoms with Crippen molar-refractivity contribution >= 4 is 29.9 Å². The molecule has 2 saturated heterocycles. The van der Waals surface area contributed by atoms with Crippen LogP contribution in [0.4, 0.5) is 0 Å². The molecular weight excluding hydrogens is 945 g/mol. The number of ether oxygens (including phenoxy) is 3. The first kappa shape index (κ1) is 58.9. The minimum Gasteiger partial charge on any atom is -0.391 e. The van der Waals surface area contributed by atoms with E-state index in [0.29, 0.717) is 22.3 Å². The van der Waals surface area contributed by atoms with E-state index in [-0.39, 0.29) is 5.56 Å². The van der Waals surface area contributed by atoms with Crippen LogP contribution >= 0.6 is 0 Å². The number of hydrogen-bond donors (Lipinski definition) is 7. The summed E-state index contributed by atoms with van der Waals surface area (Å²) in [5.74, 6) is 20.5. The molecule has 0 saturated carbocycles. The number of nitrogens with zero attached hydrogens (tertiary/aromatic N) is 1. The molecule has 4 atom stereocenters. The molecule has 0 bridgehead atoms. The van der Waals surface area contributed by atoms with Gasteiger partial charge in [0.1, 0.15) is 18.4 Å². The highest BCUT2D eigenvalue weighted by atomic mass is 16.6. The van der Waals surface area contributed by atoms with Crippen LogP contribution in [0.25, 0.3) is 0 Å². The van der Waals surface area contributed by atoms with Crippen molar-refractivity contribution in [2.24, 2.45) is 0 Å². The second-order valence-electron chi connectivity index (χ2n) is 17.6. The summed E-state index contributed by atoms with van der Waals surface area (Å²) < 4.78 is 16.2. The zero-order chi connectivity index (χ0) is 53.7. The second kappa shape index (κ2) is 31.7. The maximum Gasteiger partial charge on any atom is 0.268 e. The minimum atomic E-state index is -1.28. The topological polar surface area (TPSA) is 226 Å². The number of hydrogen-bond acceptors (Lipinski definition) is 13. The summed E-state index contributed by atoms with van der Waals surface area (Å²) >= 11 is 0. The quantitative estimate of drug-likeness (QED) is 0.0442. The van der Waals surface area contributed by atoms with E-state index in [9.17, 15) is 29.1 Å². The summed E-state index contributed by atoms with van der Waals surface area (Å²) in [4.78, 5) is 66.7. The maximum absolute atomic E-state index is 12.7. The monoisotopic (exact) mass is 1010 g/mol. The van der Waals surface area contributed by atoms with E-state index in [4.69, 9.17) is 24.3 Å². The molecule has 17 nitrogen and oxygen atoms in total. The first-order chi connectivity index (χ1) is 35.6. The lowest BCUT2D eigenvalue weighted by molar-refractivity contribution is -0.140. The van der Waals surface area contributed by atoms with Gasteiger partial charge in [-0.05, 0) is 137 Å². The number of carbonyl (C=O) groups is 5. The van der Waals surface area contributed by atoms with Crippen molar-refractivity contribution in [3.8, 4) is 47.4 Å². The lowest BCUT2D eigenvalue weighted by Gasteiger charge is -2.30. The minimum absolute atomic E-state index is 0.283. The van der Waals surface area contributed by atoms with Gasteiger partial charge >= 0.3 is 0 Å². The third kappa shape index (κ3) is 22.0. The molecule has 74 heavy (non-hydrogen) atoms. The van der Waals surface area contributed by atoms with Crippen LogP contribution in [-0.4, -0.2) is 135 Å². The predicted octanol–water partition coefficient (Wildman–Crippen LogP) is 3.39. The van der Waals surface area contributed by atoms with Gasteiger partial charge < -0.3 is 35.3 Å². The Balaban J connectivity index is 0.000000287. The highest BCUT2D eigenvalue weighted by Crippen LogP contribution is 2.15. The summed E-state index contributed by atoms with van der Waals surface area (Å²) in [7, 11) is 1.32. The van der Waals surface area contributed by atoms with Crippen LogP contribution in [0.15, 0.2) is 97.1 Å². The molecule has 0 aromatic heterocycles. The number of nitrogens with one attached hydrogen (secondary N) is 5. The van der Waals surface area contributed by atoms with E-state index in [1.54, 1.807) is 79.7 Å². The molecule has 2 heterocycles. The third-order valence-corrected chi connectivity index (χ3v) is 10.5. The van der Waals surface area contributed by atoms with Gasteiger partial charge in [-0.15, -0.1) is 0 Å². The van der Waals surface area contributed by atoms with E-state index in [1.165, 1.54) is 25.1 Å². The van der Waals surface area contributed by atoms with Gasteiger partial charge in [-0.25, -0.2) is 11.0 Å². The molecule has 0 radical (unpaired) electrons. The third-order valence-electron chi connectivity index (χ3n) is 10.5. The Morgan fingerprint density at radius 3 is 1.49 bits per heavy atom. The molecule has 6 rings (SSSR count). The van der Waals surface area contributed by atoms with Gasteiger partial charge in [0, 0.05) is 71.7 Å². The van der Waals surface area contributed by atoms with Gasteiger partial charge in [-0.1, -0.05) is 47.9 Å². The molecule has 0 spiro atoms. The number of aliphatic hydroxyl groups excluding tert-OH is 1. The Bertz CT molecular complexity index is 2690. The molecule has 2 fully saturated rings. The zero-order valence-electron chi connectivity index (χ0n) is 42.5. The first-order valence-corrected chi connectivity index (χ1v) is 23.8. The van der Waals surface area contributed by atoms with Gasteiger partial charge in [0.25, 0.3) is 23.6 Å². The van der Waals surface area contributed by atoms with Gasteiger partial charge in [0.2, 0.25) is 0 Å². The van der Waals surface area contributed by atoms with E-state index >= 15 is 0 Å². The second-order valence-corrected chi connectivity index (χ2v) is 17.6. The van der Waals surface area contributed by atoms with Crippen LogP contribution in [0.5, 0.6) is 0 Å². The zero-order valence-corrected chi connectivity index (χ0v) is 42.5. The Labute approximate surface area is 433 Å². The fourth-order valence-electron chi connectivity index (χ4n) is 6.81. The predicted molar refractivity (Wildman–Crippen MR) is 278 cm³/mol. The van der Waals surface area contributed by atoms with Gasteiger partial charge in [0.15, 0.2) is 0 Å². The lowest BCUT2D eigenvalue weighted by Crippen LogP contribution is -2.54. The Hall–Kier alpha value is -7.65. The summed E-state index contributed by atoms with van der Waals surface area (Å²) in [5.41, 5.74) is 8.62. The largest absolute Gasteiger partial charge is 0.391 e. The molecule has 2 aliphatic rings. The van der Waals surface area contributed by atoms with Crippen LogP contribution in [0.1, 0.15) is 93.5 Å². The Kier molecular flexibility index (Phi) is 25.3. The molecular formula is C57H64N6O11. The number of hydroxylamine groups is 2. The maximum atomic E-state index is 12.7. The van der Waals surface area contributed by atoms with Gasteiger partial charge in [-0.2, -0.15) is 0 Å². The van der Waals surface area contributed by atoms with Crippen LogP contribution in [0.3, 0.4) is 0 Å². The average Bonchev–Trinajstić information content (AvgIpc) is 3.41. The fraction of sp³-hybridized carbons (Fsp3) is 0.351. The van der Waals surface area contributed by atoms with Crippen molar-refractivity contribution in [3.05, 3.63) is 142 Å². The molecule has 17 heteroatoms. The molecule has 388 valence electrons. The number of carbonyl (C=O) groups excluding carboxylic acids is 5. The van der Waals surface area contributed by atoms with E-state index in [0.717, 1.165) is 76.6 Å². The fourth-order valence-corrected chi connectivity index (χ4v) is 6.81.